The summed E-state index contributed by atoms with van der Waals surface area (Å²) >= 11 is 1.30. The molecule has 4 nitrogen and oxygen atoms in total. The molecule has 0 aromatic rings. The monoisotopic (exact) mass is 353 g/mol. The quantitative estimate of drug-likeness (QED) is 0.479. The molecular weight excluding hydrogens is 317 g/mol. The zero-order valence-electron chi connectivity index (χ0n) is 15.0. The molecule has 0 aliphatic heterocycles. The first-order chi connectivity index (χ1) is 10.6. The van der Waals surface area contributed by atoms with E-state index in [1.54, 1.807) is 0 Å². The molecule has 0 bridgehead atoms. The normalized spacial score (nSPS) is 15.5. The van der Waals surface area contributed by atoms with E-state index in [4.69, 9.17) is 9.05 Å². The number of nitrogens with zero attached hydrogens (tertiary/aromatic N) is 1. The van der Waals surface area contributed by atoms with Gasteiger partial charge in [-0.25, -0.2) is 4.57 Å². The third-order valence-corrected chi connectivity index (χ3v) is 7.58. The van der Waals surface area contributed by atoms with Crippen LogP contribution in [-0.2, 0) is 13.6 Å². The van der Waals surface area contributed by atoms with Crippen molar-refractivity contribution in [1.29, 1.82) is 0 Å². The van der Waals surface area contributed by atoms with Crippen LogP contribution in [0.4, 0.5) is 0 Å². The Labute approximate surface area is 142 Å². The van der Waals surface area contributed by atoms with E-state index < -0.39 is 6.80 Å². The van der Waals surface area contributed by atoms with Crippen LogP contribution in [0, 0.1) is 0 Å². The van der Waals surface area contributed by atoms with E-state index in [1.807, 2.05) is 13.8 Å². The third kappa shape index (κ3) is 12.0. The largest absolute Gasteiger partial charge is 0.389 e. The molecule has 1 aliphatic rings. The Morgan fingerprint density at radius 2 is 1.27 bits per heavy atom. The highest BCUT2D eigenvalue weighted by molar-refractivity contribution is 8.55. The standard InChI is InChI=1S/C10H24NO3PS.C6H12/c1-5-11(6-2)9-10-16-15(12,13-7-3)14-8-4;1-2-4-6-5-3-1/h5-10H2,1-4H3;1-6H2. The summed E-state index contributed by atoms with van der Waals surface area (Å²) in [5.41, 5.74) is 0. The van der Waals surface area contributed by atoms with E-state index in [9.17, 15) is 4.57 Å². The van der Waals surface area contributed by atoms with Crippen LogP contribution in [0.15, 0.2) is 0 Å². The molecule has 0 radical (unpaired) electrons. The van der Waals surface area contributed by atoms with E-state index in [1.165, 1.54) is 49.9 Å². The van der Waals surface area contributed by atoms with Crippen molar-refractivity contribution >= 4 is 18.2 Å². The Bertz CT molecular complexity index is 263. The van der Waals surface area contributed by atoms with Crippen molar-refractivity contribution in [3.05, 3.63) is 0 Å². The second-order valence-electron chi connectivity index (χ2n) is 5.26. The first-order valence-electron chi connectivity index (χ1n) is 8.87. The van der Waals surface area contributed by atoms with E-state index in [0.717, 1.165) is 25.4 Å². The van der Waals surface area contributed by atoms with Crippen LogP contribution in [-0.4, -0.2) is 43.5 Å². The fourth-order valence-electron chi connectivity index (χ4n) is 2.31. The summed E-state index contributed by atoms with van der Waals surface area (Å²) in [6, 6.07) is 0. The Balaban J connectivity index is 0.000000604. The summed E-state index contributed by atoms with van der Waals surface area (Å²) in [6.07, 6.45) is 9.00. The van der Waals surface area contributed by atoms with Crippen LogP contribution < -0.4 is 0 Å². The van der Waals surface area contributed by atoms with E-state index in [0.29, 0.717) is 13.2 Å². The first kappa shape index (κ1) is 22.5. The molecule has 1 aliphatic carbocycles. The van der Waals surface area contributed by atoms with Crippen LogP contribution in [0.1, 0.15) is 66.2 Å². The summed E-state index contributed by atoms with van der Waals surface area (Å²) in [4.78, 5) is 2.29. The summed E-state index contributed by atoms with van der Waals surface area (Å²) in [6.45, 7) is 8.81. The van der Waals surface area contributed by atoms with Gasteiger partial charge < -0.3 is 13.9 Å². The lowest BCUT2D eigenvalue weighted by Gasteiger charge is -2.20. The maximum atomic E-state index is 12.1. The maximum Gasteiger partial charge on any atom is 0.389 e. The van der Waals surface area contributed by atoms with Crippen molar-refractivity contribution in [1.82, 2.24) is 4.90 Å². The summed E-state index contributed by atoms with van der Waals surface area (Å²) in [7, 11) is 0. The van der Waals surface area contributed by atoms with Gasteiger partial charge in [-0.3, -0.25) is 0 Å². The molecule has 0 atom stereocenters. The number of hydrogen-bond acceptors (Lipinski definition) is 5. The van der Waals surface area contributed by atoms with E-state index in [-0.39, 0.29) is 0 Å². The third-order valence-electron chi connectivity index (χ3n) is 3.63. The molecular formula is C16H36NO3PS. The highest BCUT2D eigenvalue weighted by atomic mass is 32.7. The highest BCUT2D eigenvalue weighted by Crippen LogP contribution is 2.60. The topological polar surface area (TPSA) is 38.8 Å². The molecule has 0 spiro atoms. The van der Waals surface area contributed by atoms with Crippen molar-refractivity contribution in [2.24, 2.45) is 0 Å². The van der Waals surface area contributed by atoms with Gasteiger partial charge in [0.15, 0.2) is 0 Å². The number of rotatable bonds is 10. The van der Waals surface area contributed by atoms with Crippen LogP contribution in [0.25, 0.3) is 0 Å². The van der Waals surface area contributed by atoms with Gasteiger partial charge in [-0.15, -0.1) is 0 Å². The van der Waals surface area contributed by atoms with Gasteiger partial charge in [-0.05, 0) is 38.3 Å². The first-order valence-corrected chi connectivity index (χ1v) is 12.0. The molecule has 1 saturated carbocycles. The molecule has 0 N–H and O–H groups in total. The fourth-order valence-corrected chi connectivity index (χ4v) is 5.73. The fraction of sp³-hybridized carbons (Fsp3) is 1.00. The molecule has 0 aromatic carbocycles. The average Bonchev–Trinajstić information content (AvgIpc) is 2.54. The minimum absolute atomic E-state index is 0.426. The molecule has 0 heterocycles. The Morgan fingerprint density at radius 3 is 1.59 bits per heavy atom. The van der Waals surface area contributed by atoms with Crippen LogP contribution in [0.2, 0.25) is 0 Å². The van der Waals surface area contributed by atoms with E-state index >= 15 is 0 Å². The van der Waals surface area contributed by atoms with Gasteiger partial charge in [0.05, 0.1) is 13.2 Å². The molecule has 0 aromatic heterocycles. The van der Waals surface area contributed by atoms with Gasteiger partial charge in [0.25, 0.3) is 0 Å². The van der Waals surface area contributed by atoms with Crippen LogP contribution >= 0.6 is 18.2 Å². The molecule has 0 amide bonds. The molecule has 134 valence electrons. The highest BCUT2D eigenvalue weighted by Gasteiger charge is 2.24. The van der Waals surface area contributed by atoms with Gasteiger partial charge in [0.2, 0.25) is 0 Å². The van der Waals surface area contributed by atoms with Gasteiger partial charge in [0.1, 0.15) is 0 Å². The molecule has 1 rings (SSSR count). The van der Waals surface area contributed by atoms with Crippen LogP contribution in [0.5, 0.6) is 0 Å². The molecule has 0 unspecified atom stereocenters. The smallest absolute Gasteiger partial charge is 0.303 e. The lowest BCUT2D eigenvalue weighted by atomic mass is 10.0. The van der Waals surface area contributed by atoms with Crippen molar-refractivity contribution in [2.45, 2.75) is 66.2 Å². The SMILES string of the molecule is C1CCCCC1.CCOP(=O)(OCC)SCCN(CC)CC. The second-order valence-corrected chi connectivity index (χ2v) is 9.46. The maximum absolute atomic E-state index is 12.1. The Kier molecular flexibility index (Phi) is 15.3. The molecule has 1 fully saturated rings. The van der Waals surface area contributed by atoms with Crippen molar-refractivity contribution < 1.29 is 13.6 Å². The summed E-state index contributed by atoms with van der Waals surface area (Å²) in [5, 5.41) is 0. The Hall–Kier alpha value is 0.460. The zero-order valence-corrected chi connectivity index (χ0v) is 16.7. The van der Waals surface area contributed by atoms with E-state index in [2.05, 4.69) is 18.7 Å². The van der Waals surface area contributed by atoms with Gasteiger partial charge >= 0.3 is 6.80 Å². The lowest BCUT2D eigenvalue weighted by molar-refractivity contribution is 0.236. The van der Waals surface area contributed by atoms with Gasteiger partial charge in [-0.2, -0.15) is 0 Å². The molecule has 0 saturated heterocycles. The van der Waals surface area contributed by atoms with Crippen molar-refractivity contribution in [3.63, 3.8) is 0 Å². The predicted octanol–water partition coefficient (Wildman–Crippen LogP) is 5.58. The minimum atomic E-state index is -2.91. The molecule has 22 heavy (non-hydrogen) atoms. The zero-order chi connectivity index (χ0) is 16.7. The molecule has 6 heteroatoms. The summed E-state index contributed by atoms with van der Waals surface area (Å²) < 4.78 is 22.5. The predicted molar refractivity (Wildman–Crippen MR) is 98.8 cm³/mol. The number of hydrogen-bond donors (Lipinski definition) is 0. The Morgan fingerprint density at radius 1 is 0.864 bits per heavy atom. The van der Waals surface area contributed by atoms with Gasteiger partial charge in [-0.1, -0.05) is 52.4 Å². The summed E-state index contributed by atoms with van der Waals surface area (Å²) in [5.74, 6) is 0.777. The second kappa shape index (κ2) is 15.0. The van der Waals surface area contributed by atoms with Gasteiger partial charge in [0, 0.05) is 12.3 Å². The minimum Gasteiger partial charge on any atom is -0.303 e. The van der Waals surface area contributed by atoms with Crippen molar-refractivity contribution in [2.75, 3.05) is 38.6 Å². The van der Waals surface area contributed by atoms with Crippen LogP contribution in [0.3, 0.4) is 0 Å². The average molecular weight is 354 g/mol. The lowest BCUT2D eigenvalue weighted by Crippen LogP contribution is -2.25. The van der Waals surface area contributed by atoms with Crippen molar-refractivity contribution in [3.8, 4) is 0 Å².